The van der Waals surface area contributed by atoms with Gasteiger partial charge < -0.3 is 40.3 Å². The van der Waals surface area contributed by atoms with Crippen LogP contribution in [0, 0.1) is 0 Å². The lowest BCUT2D eigenvalue weighted by Gasteiger charge is -2.41. The van der Waals surface area contributed by atoms with Crippen LogP contribution in [0.1, 0.15) is 129 Å². The van der Waals surface area contributed by atoms with Crippen molar-refractivity contribution in [2.24, 2.45) is 0 Å². The van der Waals surface area contributed by atoms with Crippen molar-refractivity contribution in [2.75, 3.05) is 13.2 Å². The summed E-state index contributed by atoms with van der Waals surface area (Å²) in [5.74, 6) is -0.730. The third kappa shape index (κ3) is 23.5. The van der Waals surface area contributed by atoms with Crippen molar-refractivity contribution in [2.45, 2.75) is 178 Å². The van der Waals surface area contributed by atoms with Crippen LogP contribution in [0.3, 0.4) is 0 Å². The number of carbonyl (C=O) groups is 1. The van der Waals surface area contributed by atoms with E-state index in [4.69, 9.17) is 14.0 Å². The van der Waals surface area contributed by atoms with Crippen LogP contribution >= 0.6 is 0 Å². The molecule has 8 unspecified atom stereocenters. The fourth-order valence-corrected chi connectivity index (χ4v) is 6.27. The molecule has 0 spiro atoms. The van der Waals surface area contributed by atoms with E-state index >= 15 is 0 Å². The van der Waals surface area contributed by atoms with E-state index in [9.17, 15) is 38.7 Å². The Hall–Kier alpha value is -1.98. The van der Waals surface area contributed by atoms with Crippen molar-refractivity contribution >= 4 is 16.3 Å². The molecule has 1 heterocycles. The van der Waals surface area contributed by atoms with Gasteiger partial charge in [-0.2, -0.15) is 8.42 Å². The number of aliphatic hydroxyl groups excluding tert-OH is 5. The molecule has 0 aromatic carbocycles. The van der Waals surface area contributed by atoms with E-state index < -0.39 is 78.5 Å². The van der Waals surface area contributed by atoms with E-state index in [0.717, 1.165) is 57.8 Å². The van der Waals surface area contributed by atoms with Crippen LogP contribution in [0.5, 0.6) is 0 Å². The second kappa shape index (κ2) is 30.3. The van der Waals surface area contributed by atoms with Crippen LogP contribution in [0.25, 0.3) is 0 Å². The van der Waals surface area contributed by atoms with E-state index in [0.29, 0.717) is 12.8 Å². The summed E-state index contributed by atoms with van der Waals surface area (Å²) >= 11 is 0. The molecule has 14 heteroatoms. The highest BCUT2D eigenvalue weighted by atomic mass is 32.3. The van der Waals surface area contributed by atoms with Gasteiger partial charge in [-0.3, -0.25) is 9.35 Å². The fraction of sp³-hybridized carbons (Fsp3) is 0.769. The first-order chi connectivity index (χ1) is 25.4. The minimum atomic E-state index is -5.12. The highest BCUT2D eigenvalue weighted by Crippen LogP contribution is 2.26. The van der Waals surface area contributed by atoms with Gasteiger partial charge in [-0.1, -0.05) is 120 Å². The number of ether oxygens (including phenoxy) is 2. The Labute approximate surface area is 318 Å². The zero-order chi connectivity index (χ0) is 39.3. The van der Waals surface area contributed by atoms with Gasteiger partial charge in [0.15, 0.2) is 6.29 Å². The molecular formula is C39H69NO12S. The molecule has 1 aliphatic rings. The molecule has 0 saturated carbocycles. The maximum Gasteiger partial charge on any atom is 0.397 e. The first kappa shape index (κ1) is 49.0. The Morgan fingerprint density at radius 1 is 0.774 bits per heavy atom. The third-order valence-electron chi connectivity index (χ3n) is 8.97. The van der Waals surface area contributed by atoms with Crippen LogP contribution in [-0.4, -0.2) is 107 Å². The van der Waals surface area contributed by atoms with Crippen molar-refractivity contribution in [1.29, 1.82) is 0 Å². The first-order valence-corrected chi connectivity index (χ1v) is 21.0. The molecule has 1 aliphatic heterocycles. The smallest absolute Gasteiger partial charge is 0.394 e. The second-order valence-electron chi connectivity index (χ2n) is 13.7. The number of aliphatic hydroxyl groups is 5. The van der Waals surface area contributed by atoms with Gasteiger partial charge in [-0.05, 0) is 57.8 Å². The molecule has 8 atom stereocenters. The molecule has 1 amide bonds. The predicted octanol–water partition coefficient (Wildman–Crippen LogP) is 5.12. The number of hydrogen-bond acceptors (Lipinski definition) is 11. The third-order valence-corrected chi connectivity index (χ3v) is 9.43. The van der Waals surface area contributed by atoms with Crippen molar-refractivity contribution in [3.63, 3.8) is 0 Å². The molecular weight excluding hydrogens is 706 g/mol. The van der Waals surface area contributed by atoms with E-state index in [1.165, 1.54) is 44.6 Å². The van der Waals surface area contributed by atoms with Gasteiger partial charge in [-0.25, -0.2) is 4.18 Å². The van der Waals surface area contributed by atoms with Gasteiger partial charge in [0.2, 0.25) is 5.91 Å². The molecule has 0 aromatic rings. The average Bonchev–Trinajstić information content (AvgIpc) is 3.12. The summed E-state index contributed by atoms with van der Waals surface area (Å²) in [5.41, 5.74) is 0. The minimum Gasteiger partial charge on any atom is -0.394 e. The number of amides is 1. The second-order valence-corrected chi connectivity index (χ2v) is 14.7. The zero-order valence-electron chi connectivity index (χ0n) is 31.9. The van der Waals surface area contributed by atoms with Crippen molar-refractivity contribution in [3.8, 4) is 0 Å². The quantitative estimate of drug-likeness (QED) is 0.0212. The monoisotopic (exact) mass is 775 g/mol. The Bertz CT molecular complexity index is 1160. The minimum absolute atomic E-state index is 0.216. The summed E-state index contributed by atoms with van der Waals surface area (Å²) < 4.78 is 47.2. The van der Waals surface area contributed by atoms with E-state index in [1.54, 1.807) is 6.08 Å². The summed E-state index contributed by atoms with van der Waals surface area (Å²) in [7, 11) is -5.12. The van der Waals surface area contributed by atoms with Crippen LogP contribution < -0.4 is 5.32 Å². The normalized spacial score (nSPS) is 23.1. The van der Waals surface area contributed by atoms with Gasteiger partial charge in [0, 0.05) is 0 Å². The van der Waals surface area contributed by atoms with Crippen molar-refractivity contribution < 1.29 is 57.0 Å². The summed E-state index contributed by atoms with van der Waals surface area (Å²) in [6.07, 6.45) is 22.2. The Morgan fingerprint density at radius 2 is 1.32 bits per heavy atom. The van der Waals surface area contributed by atoms with Crippen molar-refractivity contribution in [1.82, 2.24) is 5.32 Å². The van der Waals surface area contributed by atoms with Gasteiger partial charge in [-0.15, -0.1) is 0 Å². The fourth-order valence-electron chi connectivity index (χ4n) is 5.76. The number of unbranched alkanes of at least 4 members (excludes halogenated alkanes) is 13. The standard InChI is InChI=1S/C39H69NO12S/c1-3-5-7-9-11-13-15-16-17-18-20-22-24-26-28-33(43)38(46)40-31(32(42)27-25-23-21-19-14-12-10-8-6-4-2)30-50-39-36(45)37(52-53(47,48)49)35(44)34(29-41)51-39/h11,13-16,19,25,27,31-37,39,41-45H,3-10,12,17-18,20-24,26,28-30H2,1-2H3,(H,40,46)(H,47,48,49)/b13-11-,16-15-,19-14+,27-25+. The molecule has 53 heavy (non-hydrogen) atoms. The Morgan fingerprint density at radius 3 is 1.96 bits per heavy atom. The highest BCUT2D eigenvalue weighted by Gasteiger charge is 2.48. The lowest BCUT2D eigenvalue weighted by molar-refractivity contribution is -0.298. The summed E-state index contributed by atoms with van der Waals surface area (Å²) in [6.45, 7) is 3.07. The summed E-state index contributed by atoms with van der Waals surface area (Å²) in [4.78, 5) is 13.0. The average molecular weight is 776 g/mol. The number of allylic oxidation sites excluding steroid dienone is 7. The maximum atomic E-state index is 13.0. The van der Waals surface area contributed by atoms with Crippen LogP contribution in [0.4, 0.5) is 0 Å². The van der Waals surface area contributed by atoms with E-state index in [1.807, 2.05) is 0 Å². The van der Waals surface area contributed by atoms with Crippen LogP contribution in [0.2, 0.25) is 0 Å². The molecule has 1 rings (SSSR count). The molecule has 1 saturated heterocycles. The van der Waals surface area contributed by atoms with E-state index in [-0.39, 0.29) is 6.42 Å². The number of carbonyl (C=O) groups excluding carboxylic acids is 1. The maximum absolute atomic E-state index is 13.0. The molecule has 1 fully saturated rings. The van der Waals surface area contributed by atoms with Gasteiger partial charge >= 0.3 is 10.4 Å². The predicted molar refractivity (Wildman–Crippen MR) is 205 cm³/mol. The first-order valence-electron chi connectivity index (χ1n) is 19.6. The highest BCUT2D eigenvalue weighted by molar-refractivity contribution is 7.80. The largest absolute Gasteiger partial charge is 0.397 e. The van der Waals surface area contributed by atoms with Gasteiger partial charge in [0.05, 0.1) is 25.4 Å². The number of nitrogens with one attached hydrogen (secondary N) is 1. The zero-order valence-corrected chi connectivity index (χ0v) is 32.7. The number of rotatable bonds is 31. The molecule has 0 aromatic heterocycles. The molecule has 7 N–H and O–H groups in total. The van der Waals surface area contributed by atoms with Gasteiger partial charge in [0.25, 0.3) is 0 Å². The van der Waals surface area contributed by atoms with Crippen LogP contribution in [0.15, 0.2) is 48.6 Å². The molecule has 13 nitrogen and oxygen atoms in total. The van der Waals surface area contributed by atoms with E-state index in [2.05, 4.69) is 59.8 Å². The topological polar surface area (TPSA) is 212 Å². The SMILES string of the molecule is CCCCC/C=C\C=C/CCCCCCCC(O)C(=O)NC(COC1OC(CO)C(O)C(OS(=O)(=O)O)C1O)C(O)/C=C/CC/C=C/CCCCCC. The molecule has 0 bridgehead atoms. The van der Waals surface area contributed by atoms with Gasteiger partial charge in [0.1, 0.15) is 30.5 Å². The number of hydrogen-bond donors (Lipinski definition) is 7. The lowest BCUT2D eigenvalue weighted by atomic mass is 9.99. The molecule has 308 valence electrons. The van der Waals surface area contributed by atoms with Crippen LogP contribution in [-0.2, 0) is 28.9 Å². The van der Waals surface area contributed by atoms with Crippen molar-refractivity contribution in [3.05, 3.63) is 48.6 Å². The Kier molecular flexibility index (Phi) is 28.0. The molecule has 0 radical (unpaired) electrons. The summed E-state index contributed by atoms with van der Waals surface area (Å²) in [5, 5.41) is 54.8. The molecule has 0 aliphatic carbocycles. The lowest BCUT2D eigenvalue weighted by Crippen LogP contribution is -2.61. The summed E-state index contributed by atoms with van der Waals surface area (Å²) in [6, 6.07) is -1.14. The Balaban J connectivity index is 2.72.